The molecule has 0 aliphatic carbocycles. The summed E-state index contributed by atoms with van der Waals surface area (Å²) in [7, 11) is 0. The van der Waals surface area contributed by atoms with Crippen LogP contribution in [0.4, 0.5) is 4.79 Å². The number of amides is 3. The molecule has 2 rings (SSSR count). The summed E-state index contributed by atoms with van der Waals surface area (Å²) >= 11 is 23.6. The van der Waals surface area contributed by atoms with E-state index >= 15 is 0 Å². The molecule has 0 saturated carbocycles. The van der Waals surface area contributed by atoms with Crippen LogP contribution in [-0.4, -0.2) is 59.2 Å². The molecule has 0 heterocycles. The number of rotatable bonds is 9. The molecule has 0 aromatic heterocycles. The first-order valence-corrected chi connectivity index (χ1v) is 17.0. The second-order valence-electron chi connectivity index (χ2n) is 10.4. The van der Waals surface area contributed by atoms with Gasteiger partial charge < -0.3 is 26.0 Å². The number of nitrogens with one attached hydrogen (secondary N) is 3. The third-order valence-electron chi connectivity index (χ3n) is 5.95. The first-order chi connectivity index (χ1) is 23.3. The number of carbonyl (C=O) groups excluding carboxylic acids is 4. The van der Waals surface area contributed by atoms with Crippen LogP contribution in [0.5, 0.6) is 0 Å². The summed E-state index contributed by atoms with van der Waals surface area (Å²) < 4.78 is 9.68. The number of hydrogen-bond donors (Lipinski definition) is 6. The summed E-state index contributed by atoms with van der Waals surface area (Å²) in [4.78, 5) is 48.1. The first kappa shape index (κ1) is 55.7. The zero-order chi connectivity index (χ0) is 39.0. The average Bonchev–Trinajstić information content (AvgIpc) is 3.01. The number of aliphatic imine (C=N–C) groups is 1. The molecule has 296 valence electrons. The number of esters is 1. The van der Waals surface area contributed by atoms with Crippen LogP contribution in [-0.2, 0) is 36.7 Å². The molecule has 13 nitrogen and oxygen atoms in total. The predicted molar refractivity (Wildman–Crippen MR) is 214 cm³/mol. The predicted octanol–water partition coefficient (Wildman–Crippen LogP) is 7.42. The SMILES string of the molecule is CCC(C)O.CCC(C)OC(=O)NC(=N)NC(=O)Cc1c(Cl)cccc1Cl.CCC(C)OC(C)=O.Cl.Cl.NC(N)=NC(=O)Cc1c(Cl)cccc1Cl. The van der Waals surface area contributed by atoms with Crippen LogP contribution in [0.1, 0.15) is 78.9 Å². The zero-order valence-corrected chi connectivity index (χ0v) is 34.7. The summed E-state index contributed by atoms with van der Waals surface area (Å²) in [5.74, 6) is -1.95. The number of aliphatic hydroxyl groups is 1. The van der Waals surface area contributed by atoms with Gasteiger partial charge in [-0.2, -0.15) is 4.99 Å². The lowest BCUT2D eigenvalue weighted by Gasteiger charge is -2.13. The maximum absolute atomic E-state index is 11.8. The first-order valence-electron chi connectivity index (χ1n) is 15.5. The molecule has 8 N–H and O–H groups in total. The van der Waals surface area contributed by atoms with Gasteiger partial charge in [-0.05, 0) is 75.4 Å². The fourth-order valence-electron chi connectivity index (χ4n) is 2.88. The van der Waals surface area contributed by atoms with Crippen LogP contribution >= 0.6 is 71.2 Å². The Morgan fingerprint density at radius 1 is 0.769 bits per heavy atom. The van der Waals surface area contributed by atoms with E-state index in [1.165, 1.54) is 6.92 Å². The monoisotopic (exact) mass is 852 g/mol. The lowest BCUT2D eigenvalue weighted by molar-refractivity contribution is -0.145. The van der Waals surface area contributed by atoms with Crippen molar-refractivity contribution in [3.05, 3.63) is 67.6 Å². The number of guanidine groups is 2. The van der Waals surface area contributed by atoms with E-state index in [-0.39, 0.29) is 67.9 Å². The van der Waals surface area contributed by atoms with Crippen molar-refractivity contribution in [1.82, 2.24) is 10.6 Å². The molecule has 0 aliphatic heterocycles. The molecule has 0 radical (unpaired) electrons. The van der Waals surface area contributed by atoms with Gasteiger partial charge in [0.2, 0.25) is 11.9 Å². The summed E-state index contributed by atoms with van der Waals surface area (Å²) in [6.45, 7) is 12.6. The normalized spacial score (nSPS) is 11.1. The largest absolute Gasteiger partial charge is 0.463 e. The lowest BCUT2D eigenvalue weighted by atomic mass is 10.1. The average molecular weight is 856 g/mol. The molecular weight excluding hydrogens is 805 g/mol. The summed E-state index contributed by atoms with van der Waals surface area (Å²) in [6, 6.07) is 9.88. The zero-order valence-electron chi connectivity index (χ0n) is 30.1. The highest BCUT2D eigenvalue weighted by molar-refractivity contribution is 6.37. The summed E-state index contributed by atoms with van der Waals surface area (Å²) in [5.41, 5.74) is 11.1. The molecular formula is C33H50Cl6N6O7. The van der Waals surface area contributed by atoms with E-state index in [1.54, 1.807) is 50.2 Å². The van der Waals surface area contributed by atoms with Crippen LogP contribution in [0.25, 0.3) is 0 Å². The number of alkyl carbamates (subject to hydrolysis) is 1. The minimum absolute atomic E-state index is 0. The van der Waals surface area contributed by atoms with Gasteiger partial charge in [0.25, 0.3) is 5.91 Å². The number of halogens is 6. The summed E-state index contributed by atoms with van der Waals surface area (Å²) in [6.07, 6.45) is 1.17. The van der Waals surface area contributed by atoms with Gasteiger partial charge in [0, 0.05) is 27.0 Å². The molecule has 0 saturated heterocycles. The Bertz CT molecular complexity index is 1390. The molecule has 3 unspecified atom stereocenters. The molecule has 0 spiro atoms. The highest BCUT2D eigenvalue weighted by atomic mass is 35.5. The van der Waals surface area contributed by atoms with Crippen molar-refractivity contribution in [3.63, 3.8) is 0 Å². The summed E-state index contributed by atoms with van der Waals surface area (Å²) in [5, 5.41) is 21.8. The Hall–Kier alpha value is -3.04. The smallest absolute Gasteiger partial charge is 0.414 e. The van der Waals surface area contributed by atoms with Crippen molar-refractivity contribution in [2.24, 2.45) is 16.5 Å². The highest BCUT2D eigenvalue weighted by Crippen LogP contribution is 2.25. The van der Waals surface area contributed by atoms with Crippen LogP contribution in [0, 0.1) is 5.41 Å². The van der Waals surface area contributed by atoms with Crippen LogP contribution < -0.4 is 22.1 Å². The molecule has 3 atom stereocenters. The Morgan fingerprint density at radius 2 is 1.15 bits per heavy atom. The van der Waals surface area contributed by atoms with Crippen LogP contribution in [0.3, 0.4) is 0 Å². The van der Waals surface area contributed by atoms with Gasteiger partial charge in [-0.25, -0.2) is 4.79 Å². The Balaban J connectivity index is -0.000000332. The highest BCUT2D eigenvalue weighted by Gasteiger charge is 2.15. The standard InChI is InChI=1S/C14H17Cl2N3O3.C9H9Cl2N3O.C6H12O2.C4H10O.2ClH/c1-3-8(2)22-14(21)19-13(17)18-12(20)7-9-10(15)5-4-6-11(9)16;10-6-2-1-3-7(11)5(6)4-8(15)14-9(12)13;1-4-5(2)8-6(3)7;1-3-4(2)5;;/h4-6,8H,3,7H2,1-2H3,(H3,17,18,19,20,21);1-3H,4H2,(H4,12,13,14,15);5H,4H2,1-3H3;4-5H,3H2,1-2H3;2*1H. The fraction of sp³-hybridized carbons (Fsp3) is 0.455. The topological polar surface area (TPSA) is 219 Å². The van der Waals surface area contributed by atoms with Gasteiger partial charge in [0.05, 0.1) is 25.0 Å². The molecule has 0 fully saturated rings. The fourth-order valence-corrected chi connectivity index (χ4v) is 3.94. The Labute approximate surface area is 338 Å². The molecule has 0 aliphatic rings. The minimum atomic E-state index is -0.796. The third kappa shape index (κ3) is 28.5. The van der Waals surface area contributed by atoms with Crippen molar-refractivity contribution in [2.75, 3.05) is 0 Å². The number of ether oxygens (including phenoxy) is 2. The van der Waals surface area contributed by atoms with Crippen molar-refractivity contribution in [3.8, 4) is 0 Å². The maximum Gasteiger partial charge on any atom is 0.414 e. The van der Waals surface area contributed by atoms with E-state index in [4.69, 9.17) is 77.9 Å². The second kappa shape index (κ2) is 31.5. The van der Waals surface area contributed by atoms with Crippen molar-refractivity contribution >= 4 is 107 Å². The minimum Gasteiger partial charge on any atom is -0.463 e. The van der Waals surface area contributed by atoms with Gasteiger partial charge in [0.1, 0.15) is 6.10 Å². The van der Waals surface area contributed by atoms with E-state index < -0.39 is 23.9 Å². The van der Waals surface area contributed by atoms with Gasteiger partial charge in [-0.15, -0.1) is 24.8 Å². The van der Waals surface area contributed by atoms with Gasteiger partial charge in [0.15, 0.2) is 5.96 Å². The number of aliphatic hydroxyl groups excluding tert-OH is 1. The lowest BCUT2D eigenvalue weighted by Crippen LogP contribution is -2.44. The van der Waals surface area contributed by atoms with E-state index in [2.05, 4.69) is 15.6 Å². The number of carbonyl (C=O) groups is 4. The van der Waals surface area contributed by atoms with Gasteiger partial charge >= 0.3 is 12.1 Å². The van der Waals surface area contributed by atoms with Crippen molar-refractivity contribution in [1.29, 1.82) is 5.41 Å². The van der Waals surface area contributed by atoms with Crippen molar-refractivity contribution < 1.29 is 33.8 Å². The van der Waals surface area contributed by atoms with Crippen LogP contribution in [0.2, 0.25) is 20.1 Å². The van der Waals surface area contributed by atoms with Gasteiger partial charge in [-0.3, -0.25) is 30.4 Å². The number of hydrogen-bond acceptors (Lipinski definition) is 8. The number of benzene rings is 2. The third-order valence-corrected chi connectivity index (χ3v) is 7.37. The van der Waals surface area contributed by atoms with Crippen LogP contribution in [0.15, 0.2) is 41.4 Å². The van der Waals surface area contributed by atoms with E-state index in [1.807, 2.05) is 27.7 Å². The van der Waals surface area contributed by atoms with E-state index in [9.17, 15) is 19.2 Å². The number of nitrogens with two attached hydrogens (primary N) is 2. The second-order valence-corrected chi connectivity index (χ2v) is 12.1. The Morgan fingerprint density at radius 3 is 1.48 bits per heavy atom. The maximum atomic E-state index is 11.8. The van der Waals surface area contributed by atoms with E-state index in [0.717, 1.165) is 12.8 Å². The molecule has 2 aromatic rings. The Kier molecular flexibility index (Phi) is 33.7. The van der Waals surface area contributed by atoms with E-state index in [0.29, 0.717) is 37.6 Å². The molecule has 0 bridgehead atoms. The molecule has 19 heteroatoms. The molecule has 52 heavy (non-hydrogen) atoms. The molecule has 3 amide bonds. The van der Waals surface area contributed by atoms with Gasteiger partial charge in [-0.1, -0.05) is 79.3 Å². The number of nitrogens with zero attached hydrogens (tertiary/aromatic N) is 1. The quantitative estimate of drug-likeness (QED) is 0.0839. The van der Waals surface area contributed by atoms with Crippen molar-refractivity contribution in [2.45, 2.75) is 98.9 Å². The molecule has 2 aromatic carbocycles.